The highest BCUT2D eigenvalue weighted by molar-refractivity contribution is 5.77. The van der Waals surface area contributed by atoms with Gasteiger partial charge in [-0.3, -0.25) is 4.79 Å². The van der Waals surface area contributed by atoms with E-state index in [0.29, 0.717) is 36.8 Å². The molecule has 0 fully saturated rings. The van der Waals surface area contributed by atoms with Gasteiger partial charge in [0.15, 0.2) is 11.5 Å². The summed E-state index contributed by atoms with van der Waals surface area (Å²) in [6, 6.07) is 12.0. The number of nitrogens with one attached hydrogen (secondary N) is 1. The van der Waals surface area contributed by atoms with Crippen molar-refractivity contribution in [3.63, 3.8) is 0 Å². The number of hydrogen-bond acceptors (Lipinski definition) is 5. The molecule has 0 saturated heterocycles. The van der Waals surface area contributed by atoms with Crippen molar-refractivity contribution in [2.75, 3.05) is 39.7 Å². The molecule has 0 bridgehead atoms. The molecule has 0 saturated carbocycles. The molecule has 1 N–H and O–H groups in total. The molecule has 1 aliphatic heterocycles. The van der Waals surface area contributed by atoms with Crippen LogP contribution >= 0.6 is 0 Å². The minimum atomic E-state index is 0.157. The van der Waals surface area contributed by atoms with Crippen molar-refractivity contribution in [2.24, 2.45) is 0 Å². The largest absolute Gasteiger partial charge is 0.493 e. The van der Waals surface area contributed by atoms with Crippen LogP contribution in [0.5, 0.6) is 17.2 Å². The Hall–Kier alpha value is -2.89. The summed E-state index contributed by atoms with van der Waals surface area (Å²) in [7, 11) is 4.74. The number of rotatable bonds is 7. The monoisotopic (exact) mass is 370 g/mol. The van der Waals surface area contributed by atoms with Gasteiger partial charge >= 0.3 is 0 Å². The molecule has 3 rings (SSSR count). The van der Waals surface area contributed by atoms with Crippen LogP contribution in [0.1, 0.15) is 17.5 Å². The zero-order valence-corrected chi connectivity index (χ0v) is 16.1. The summed E-state index contributed by atoms with van der Waals surface area (Å²) in [4.78, 5) is 14.5. The highest BCUT2D eigenvalue weighted by Crippen LogP contribution is 2.39. The summed E-state index contributed by atoms with van der Waals surface area (Å²) < 4.78 is 16.0. The van der Waals surface area contributed by atoms with Crippen LogP contribution in [0.3, 0.4) is 0 Å². The van der Waals surface area contributed by atoms with Crippen molar-refractivity contribution < 1.29 is 19.0 Å². The third-order valence-electron chi connectivity index (χ3n) is 4.82. The van der Waals surface area contributed by atoms with Crippen molar-refractivity contribution in [1.29, 1.82) is 0 Å². The summed E-state index contributed by atoms with van der Waals surface area (Å²) in [5.41, 5.74) is 3.41. The van der Waals surface area contributed by atoms with Crippen molar-refractivity contribution in [3.05, 3.63) is 47.5 Å². The zero-order valence-electron chi connectivity index (χ0n) is 16.1. The normalized spacial score (nSPS) is 12.9. The molecule has 6 nitrogen and oxygen atoms in total. The van der Waals surface area contributed by atoms with E-state index >= 15 is 0 Å². The maximum absolute atomic E-state index is 12.6. The number of benzene rings is 2. The molecule has 2 aromatic rings. The van der Waals surface area contributed by atoms with Gasteiger partial charge in [-0.15, -0.1) is 0 Å². The second-order valence-corrected chi connectivity index (χ2v) is 6.42. The van der Waals surface area contributed by atoms with E-state index in [0.717, 1.165) is 18.7 Å². The van der Waals surface area contributed by atoms with Crippen LogP contribution in [0, 0.1) is 0 Å². The summed E-state index contributed by atoms with van der Waals surface area (Å²) in [5, 5.41) is 3.27. The van der Waals surface area contributed by atoms with Crippen LogP contribution in [0.25, 0.3) is 0 Å². The summed E-state index contributed by atoms with van der Waals surface area (Å²) >= 11 is 0. The van der Waals surface area contributed by atoms with Crippen LogP contribution < -0.4 is 19.5 Å². The molecule has 0 aliphatic carbocycles. The topological polar surface area (TPSA) is 60.0 Å². The lowest BCUT2D eigenvalue weighted by molar-refractivity contribution is -0.131. The predicted molar refractivity (Wildman–Crippen MR) is 105 cm³/mol. The molecule has 0 unspecified atom stereocenters. The number of hydrogen-bond donors (Lipinski definition) is 1. The summed E-state index contributed by atoms with van der Waals surface area (Å²) in [6.07, 6.45) is 1.35. The highest BCUT2D eigenvalue weighted by Gasteiger charge is 2.20. The standard InChI is InChI=1S/C21H26N2O4/c1-25-18-12-17(13-19(26-2)21(18)27-3)22-10-8-20(24)23-11-9-15-6-4-5-7-16(15)14-23/h4-7,12-13,22H,8-11,14H2,1-3H3. The molecule has 6 heteroatoms. The number of carbonyl (C=O) groups excluding carboxylic acids is 1. The van der Waals surface area contributed by atoms with E-state index in [1.807, 2.05) is 23.1 Å². The van der Waals surface area contributed by atoms with Crippen molar-refractivity contribution in [2.45, 2.75) is 19.4 Å². The van der Waals surface area contributed by atoms with E-state index in [-0.39, 0.29) is 5.91 Å². The molecular weight excluding hydrogens is 344 g/mol. The Bertz CT molecular complexity index is 782. The third-order valence-corrected chi connectivity index (χ3v) is 4.82. The molecule has 27 heavy (non-hydrogen) atoms. The minimum Gasteiger partial charge on any atom is -0.493 e. The lowest BCUT2D eigenvalue weighted by Crippen LogP contribution is -2.36. The molecule has 1 amide bonds. The van der Waals surface area contributed by atoms with Crippen LogP contribution in [-0.4, -0.2) is 45.2 Å². The van der Waals surface area contributed by atoms with Crippen LogP contribution in [0.15, 0.2) is 36.4 Å². The van der Waals surface area contributed by atoms with Gasteiger partial charge in [-0.1, -0.05) is 24.3 Å². The highest BCUT2D eigenvalue weighted by atomic mass is 16.5. The number of ether oxygens (including phenoxy) is 3. The number of amides is 1. The van der Waals surface area contributed by atoms with Gasteiger partial charge in [0, 0.05) is 43.9 Å². The number of methoxy groups -OCH3 is 3. The van der Waals surface area contributed by atoms with E-state index in [9.17, 15) is 4.79 Å². The minimum absolute atomic E-state index is 0.157. The van der Waals surface area contributed by atoms with E-state index < -0.39 is 0 Å². The van der Waals surface area contributed by atoms with Gasteiger partial charge in [0.1, 0.15) is 0 Å². The fourth-order valence-corrected chi connectivity index (χ4v) is 3.36. The van der Waals surface area contributed by atoms with Gasteiger partial charge in [-0.2, -0.15) is 0 Å². The number of carbonyl (C=O) groups is 1. The fraction of sp³-hybridized carbons (Fsp3) is 0.381. The van der Waals surface area contributed by atoms with Crippen molar-refractivity contribution >= 4 is 11.6 Å². The first-order chi connectivity index (χ1) is 13.2. The number of anilines is 1. The average molecular weight is 370 g/mol. The van der Waals surface area contributed by atoms with E-state index in [1.54, 1.807) is 21.3 Å². The number of fused-ring (bicyclic) bond motifs is 1. The maximum atomic E-state index is 12.6. The summed E-state index contributed by atoms with van der Waals surface area (Å²) in [5.74, 6) is 1.87. The molecule has 2 aromatic carbocycles. The molecule has 0 atom stereocenters. The molecule has 0 aromatic heterocycles. The molecular formula is C21H26N2O4. The van der Waals surface area contributed by atoms with Crippen LogP contribution in [0.4, 0.5) is 5.69 Å². The quantitative estimate of drug-likeness (QED) is 0.812. The second-order valence-electron chi connectivity index (χ2n) is 6.42. The fourth-order valence-electron chi connectivity index (χ4n) is 3.36. The van der Waals surface area contributed by atoms with E-state index in [4.69, 9.17) is 14.2 Å². The smallest absolute Gasteiger partial charge is 0.224 e. The van der Waals surface area contributed by atoms with Crippen molar-refractivity contribution in [1.82, 2.24) is 4.90 Å². The second kappa shape index (κ2) is 8.66. The Morgan fingerprint density at radius 3 is 2.33 bits per heavy atom. The predicted octanol–water partition coefficient (Wildman–Crippen LogP) is 3.10. The maximum Gasteiger partial charge on any atom is 0.224 e. The SMILES string of the molecule is COc1cc(NCCC(=O)N2CCc3ccccc3C2)cc(OC)c1OC. The third kappa shape index (κ3) is 4.27. The zero-order chi connectivity index (χ0) is 19.2. The lowest BCUT2D eigenvalue weighted by atomic mass is 10.00. The van der Waals surface area contributed by atoms with Gasteiger partial charge in [0.2, 0.25) is 11.7 Å². The first-order valence-electron chi connectivity index (χ1n) is 9.04. The van der Waals surface area contributed by atoms with Crippen LogP contribution in [0.2, 0.25) is 0 Å². The molecule has 0 spiro atoms. The van der Waals surface area contributed by atoms with Gasteiger partial charge in [-0.05, 0) is 17.5 Å². The lowest BCUT2D eigenvalue weighted by Gasteiger charge is -2.29. The van der Waals surface area contributed by atoms with Crippen LogP contribution in [-0.2, 0) is 17.8 Å². The van der Waals surface area contributed by atoms with Gasteiger partial charge in [-0.25, -0.2) is 0 Å². The average Bonchev–Trinajstić information content (AvgIpc) is 2.72. The Morgan fingerprint density at radius 1 is 1.04 bits per heavy atom. The Balaban J connectivity index is 1.58. The van der Waals surface area contributed by atoms with E-state index in [2.05, 4.69) is 23.5 Å². The Morgan fingerprint density at radius 2 is 1.70 bits per heavy atom. The molecule has 1 aliphatic rings. The first kappa shape index (κ1) is 18.9. The van der Waals surface area contributed by atoms with Gasteiger partial charge < -0.3 is 24.4 Å². The molecule has 1 heterocycles. The Labute approximate surface area is 160 Å². The molecule has 144 valence electrons. The first-order valence-corrected chi connectivity index (χ1v) is 9.04. The Kier molecular flexibility index (Phi) is 6.06. The summed E-state index contributed by atoms with van der Waals surface area (Å²) in [6.45, 7) is 2.01. The number of nitrogens with zero attached hydrogens (tertiary/aromatic N) is 1. The molecule has 0 radical (unpaired) electrons. The van der Waals surface area contributed by atoms with Crippen molar-refractivity contribution in [3.8, 4) is 17.2 Å². The van der Waals surface area contributed by atoms with Gasteiger partial charge in [0.05, 0.1) is 21.3 Å². The van der Waals surface area contributed by atoms with Gasteiger partial charge in [0.25, 0.3) is 0 Å². The van der Waals surface area contributed by atoms with E-state index in [1.165, 1.54) is 11.1 Å².